The Kier molecular flexibility index (Phi) is 4.83. The summed E-state index contributed by atoms with van der Waals surface area (Å²) in [7, 11) is 3.96. The summed E-state index contributed by atoms with van der Waals surface area (Å²) in [6.07, 6.45) is 0. The maximum Gasteiger partial charge on any atom is 0.244 e. The number of rotatable bonds is 5. The summed E-state index contributed by atoms with van der Waals surface area (Å²) < 4.78 is 1.95. The van der Waals surface area contributed by atoms with Crippen molar-refractivity contribution in [1.82, 2.24) is 14.5 Å². The van der Waals surface area contributed by atoms with Crippen LogP contribution in [0, 0.1) is 0 Å². The molecular formula is C18H19ClN4O. The quantitative estimate of drug-likeness (QED) is 0.773. The van der Waals surface area contributed by atoms with Crippen molar-refractivity contribution >= 4 is 34.2 Å². The summed E-state index contributed by atoms with van der Waals surface area (Å²) in [4.78, 5) is 19.1. The van der Waals surface area contributed by atoms with Gasteiger partial charge in [0.05, 0.1) is 17.6 Å². The lowest BCUT2D eigenvalue weighted by molar-refractivity contribution is -0.116. The Morgan fingerprint density at radius 3 is 2.75 bits per heavy atom. The molecule has 0 radical (unpaired) electrons. The third-order valence-corrected chi connectivity index (χ3v) is 3.84. The molecular weight excluding hydrogens is 324 g/mol. The molecule has 1 N–H and O–H groups in total. The van der Waals surface area contributed by atoms with Crippen molar-refractivity contribution in [3.8, 4) is 0 Å². The highest BCUT2D eigenvalue weighted by atomic mass is 35.5. The van der Waals surface area contributed by atoms with Gasteiger partial charge in [-0.3, -0.25) is 4.79 Å². The summed E-state index contributed by atoms with van der Waals surface area (Å²) in [5, 5.41) is 3.47. The number of aromatic nitrogens is 2. The lowest BCUT2D eigenvalue weighted by Gasteiger charge is -2.13. The number of anilines is 1. The average Bonchev–Trinajstić information content (AvgIpc) is 2.84. The van der Waals surface area contributed by atoms with Crippen molar-refractivity contribution in [2.24, 2.45) is 0 Å². The summed E-state index contributed by atoms with van der Waals surface area (Å²) in [5.41, 5.74) is 2.53. The van der Waals surface area contributed by atoms with Gasteiger partial charge in [0.2, 0.25) is 5.91 Å². The second-order valence-corrected chi connectivity index (χ2v) is 6.34. The number of benzene rings is 2. The fourth-order valence-electron chi connectivity index (χ4n) is 2.62. The average molecular weight is 343 g/mol. The molecule has 0 saturated heterocycles. The van der Waals surface area contributed by atoms with Gasteiger partial charge in [-0.15, -0.1) is 0 Å². The summed E-state index contributed by atoms with van der Waals surface area (Å²) in [5.74, 6) is 0.753. The number of carbonyl (C=O) groups excluding carboxylic acids is 1. The number of amides is 1. The Morgan fingerprint density at radius 1 is 1.21 bits per heavy atom. The minimum absolute atomic E-state index is 0.111. The van der Waals surface area contributed by atoms with Crippen LogP contribution in [-0.4, -0.2) is 34.5 Å². The van der Waals surface area contributed by atoms with E-state index < -0.39 is 0 Å². The molecule has 0 unspecified atom stereocenters. The second kappa shape index (κ2) is 7.03. The molecule has 124 valence electrons. The molecule has 0 bridgehead atoms. The molecule has 0 fully saturated rings. The van der Waals surface area contributed by atoms with Crippen LogP contribution in [0.25, 0.3) is 11.0 Å². The number of hydrogen-bond acceptors (Lipinski definition) is 3. The van der Waals surface area contributed by atoms with Crippen LogP contribution in [0.4, 0.5) is 5.69 Å². The van der Waals surface area contributed by atoms with Gasteiger partial charge in [0.1, 0.15) is 12.4 Å². The predicted octanol–water partition coefficient (Wildman–Crippen LogP) is 3.39. The number of nitrogens with zero attached hydrogens (tertiary/aromatic N) is 3. The van der Waals surface area contributed by atoms with Gasteiger partial charge in [-0.25, -0.2) is 4.98 Å². The third kappa shape index (κ3) is 3.75. The van der Waals surface area contributed by atoms with E-state index in [2.05, 4.69) is 10.3 Å². The van der Waals surface area contributed by atoms with Crippen LogP contribution in [0.5, 0.6) is 0 Å². The van der Waals surface area contributed by atoms with E-state index in [9.17, 15) is 4.79 Å². The van der Waals surface area contributed by atoms with Crippen molar-refractivity contribution in [2.75, 3.05) is 19.4 Å². The molecule has 0 saturated carbocycles. The van der Waals surface area contributed by atoms with E-state index in [1.165, 1.54) is 0 Å². The molecule has 3 aromatic rings. The maximum absolute atomic E-state index is 12.5. The van der Waals surface area contributed by atoms with E-state index in [4.69, 9.17) is 11.6 Å². The lowest BCUT2D eigenvalue weighted by Crippen LogP contribution is -2.22. The molecule has 1 amide bonds. The number of fused-ring (bicyclic) bond motifs is 1. The first-order chi connectivity index (χ1) is 11.5. The molecule has 0 atom stereocenters. The van der Waals surface area contributed by atoms with Crippen molar-refractivity contribution in [2.45, 2.75) is 13.1 Å². The van der Waals surface area contributed by atoms with Crippen LogP contribution in [0.15, 0.2) is 48.5 Å². The number of nitrogens with one attached hydrogen (secondary N) is 1. The van der Waals surface area contributed by atoms with E-state index >= 15 is 0 Å². The van der Waals surface area contributed by atoms with Crippen LogP contribution in [0.2, 0.25) is 5.02 Å². The van der Waals surface area contributed by atoms with Gasteiger partial charge in [0.15, 0.2) is 0 Å². The number of para-hydroxylation sites is 2. The minimum atomic E-state index is -0.111. The Labute approximate surface area is 145 Å². The highest BCUT2D eigenvalue weighted by molar-refractivity contribution is 6.30. The Bertz CT molecular complexity index is 872. The van der Waals surface area contributed by atoms with Gasteiger partial charge in [-0.05, 0) is 44.4 Å². The summed E-state index contributed by atoms with van der Waals surface area (Å²) in [6, 6.07) is 15.0. The molecule has 3 rings (SSSR count). The van der Waals surface area contributed by atoms with E-state index in [0.29, 0.717) is 17.3 Å². The van der Waals surface area contributed by atoms with E-state index in [-0.39, 0.29) is 12.5 Å². The minimum Gasteiger partial charge on any atom is -0.324 e. The highest BCUT2D eigenvalue weighted by Crippen LogP contribution is 2.18. The standard InChI is InChI=1S/C18H19ClN4O/c1-22(2)11-17-21-15-8-3-4-9-16(15)23(17)12-18(24)20-14-7-5-6-13(19)10-14/h3-10H,11-12H2,1-2H3,(H,20,24). The van der Waals surface area contributed by atoms with E-state index in [1.54, 1.807) is 12.1 Å². The van der Waals surface area contributed by atoms with Crippen molar-refractivity contribution in [1.29, 1.82) is 0 Å². The molecule has 0 spiro atoms. The summed E-state index contributed by atoms with van der Waals surface area (Å²) >= 11 is 5.96. The number of imidazole rings is 1. The molecule has 0 aliphatic rings. The zero-order valence-electron chi connectivity index (χ0n) is 13.7. The largest absolute Gasteiger partial charge is 0.324 e. The van der Waals surface area contributed by atoms with Gasteiger partial charge in [-0.1, -0.05) is 29.8 Å². The van der Waals surface area contributed by atoms with Crippen LogP contribution < -0.4 is 5.32 Å². The van der Waals surface area contributed by atoms with Crippen LogP contribution in [0.1, 0.15) is 5.82 Å². The van der Waals surface area contributed by atoms with Crippen LogP contribution in [0.3, 0.4) is 0 Å². The Morgan fingerprint density at radius 2 is 2.00 bits per heavy atom. The normalized spacial score (nSPS) is 11.2. The molecule has 1 heterocycles. The lowest BCUT2D eigenvalue weighted by atomic mass is 10.3. The number of halogens is 1. The monoisotopic (exact) mass is 342 g/mol. The Hall–Kier alpha value is -2.37. The topological polar surface area (TPSA) is 50.2 Å². The maximum atomic E-state index is 12.5. The van der Waals surface area contributed by atoms with Gasteiger partial charge in [0.25, 0.3) is 0 Å². The van der Waals surface area contributed by atoms with E-state index in [1.807, 2.05) is 60.0 Å². The second-order valence-electron chi connectivity index (χ2n) is 5.90. The molecule has 2 aromatic carbocycles. The van der Waals surface area contributed by atoms with Gasteiger partial charge >= 0.3 is 0 Å². The SMILES string of the molecule is CN(C)Cc1nc2ccccc2n1CC(=O)Nc1cccc(Cl)c1. The molecule has 0 aliphatic carbocycles. The molecule has 24 heavy (non-hydrogen) atoms. The first kappa shape index (κ1) is 16.5. The first-order valence-corrected chi connectivity index (χ1v) is 8.05. The zero-order valence-corrected chi connectivity index (χ0v) is 14.4. The number of hydrogen-bond donors (Lipinski definition) is 1. The smallest absolute Gasteiger partial charge is 0.244 e. The van der Waals surface area contributed by atoms with Crippen LogP contribution in [-0.2, 0) is 17.9 Å². The molecule has 1 aromatic heterocycles. The van der Waals surface area contributed by atoms with Crippen molar-refractivity contribution < 1.29 is 4.79 Å². The Balaban J connectivity index is 1.86. The van der Waals surface area contributed by atoms with Gasteiger partial charge in [-0.2, -0.15) is 0 Å². The summed E-state index contributed by atoms with van der Waals surface area (Å²) in [6.45, 7) is 0.870. The molecule has 5 nitrogen and oxygen atoms in total. The predicted molar refractivity (Wildman–Crippen MR) is 97.2 cm³/mol. The fourth-order valence-corrected chi connectivity index (χ4v) is 2.81. The van der Waals surface area contributed by atoms with Crippen LogP contribution >= 0.6 is 11.6 Å². The van der Waals surface area contributed by atoms with Gasteiger partial charge < -0.3 is 14.8 Å². The van der Waals surface area contributed by atoms with Crippen molar-refractivity contribution in [3.05, 3.63) is 59.4 Å². The van der Waals surface area contributed by atoms with E-state index in [0.717, 1.165) is 16.9 Å². The molecule has 6 heteroatoms. The highest BCUT2D eigenvalue weighted by Gasteiger charge is 2.14. The van der Waals surface area contributed by atoms with Gasteiger partial charge in [0, 0.05) is 10.7 Å². The molecule has 0 aliphatic heterocycles. The first-order valence-electron chi connectivity index (χ1n) is 7.67. The number of carbonyl (C=O) groups is 1. The van der Waals surface area contributed by atoms with Crippen molar-refractivity contribution in [3.63, 3.8) is 0 Å². The fraction of sp³-hybridized carbons (Fsp3) is 0.222. The zero-order chi connectivity index (χ0) is 17.1. The third-order valence-electron chi connectivity index (χ3n) is 3.60.